The summed E-state index contributed by atoms with van der Waals surface area (Å²) in [6.07, 6.45) is 4.78. The first-order valence-electron chi connectivity index (χ1n) is 9.13. The van der Waals surface area contributed by atoms with Crippen molar-refractivity contribution >= 4 is 5.91 Å². The van der Waals surface area contributed by atoms with Crippen molar-refractivity contribution in [2.45, 2.75) is 32.1 Å². The number of hydrogen-bond donors (Lipinski definition) is 3. The fourth-order valence-electron chi connectivity index (χ4n) is 2.75. The van der Waals surface area contributed by atoms with Crippen LogP contribution >= 0.6 is 0 Å². The topological polar surface area (TPSA) is 84.6 Å². The summed E-state index contributed by atoms with van der Waals surface area (Å²) in [6, 6.07) is 15.5. The summed E-state index contributed by atoms with van der Waals surface area (Å²) in [6.45, 7) is 2.16. The van der Waals surface area contributed by atoms with Gasteiger partial charge in [-0.1, -0.05) is 42.8 Å². The van der Waals surface area contributed by atoms with Gasteiger partial charge in [0.1, 0.15) is 6.61 Å². The summed E-state index contributed by atoms with van der Waals surface area (Å²) in [5.41, 5.74) is 7.21. The molecule has 0 fully saturated rings. The molecule has 140 valence electrons. The lowest BCUT2D eigenvalue weighted by molar-refractivity contribution is -0.117. The highest BCUT2D eigenvalue weighted by atomic mass is 16.5. The van der Waals surface area contributed by atoms with Gasteiger partial charge in [0, 0.05) is 6.54 Å². The number of amides is 1. The summed E-state index contributed by atoms with van der Waals surface area (Å²) in [5.74, 6) is 0.0265. The zero-order valence-electron chi connectivity index (χ0n) is 15.1. The van der Waals surface area contributed by atoms with Crippen molar-refractivity contribution < 1.29 is 14.6 Å². The zero-order valence-corrected chi connectivity index (χ0v) is 15.1. The number of aryl methyl sites for hydroxylation is 1. The number of hydrogen-bond acceptors (Lipinski definition) is 4. The van der Waals surface area contributed by atoms with Crippen LogP contribution in [-0.4, -0.2) is 30.7 Å². The van der Waals surface area contributed by atoms with Gasteiger partial charge in [0.15, 0.2) is 11.5 Å². The maximum Gasteiger partial charge on any atom is 0.221 e. The number of unbranched alkanes of at least 4 members (excludes halogenated alkanes) is 2. The van der Waals surface area contributed by atoms with Gasteiger partial charge in [-0.2, -0.15) is 0 Å². The van der Waals surface area contributed by atoms with Crippen LogP contribution in [0.15, 0.2) is 48.5 Å². The van der Waals surface area contributed by atoms with Crippen LogP contribution in [0.1, 0.15) is 30.4 Å². The highest BCUT2D eigenvalue weighted by Gasteiger charge is 2.05. The monoisotopic (exact) mass is 356 g/mol. The van der Waals surface area contributed by atoms with E-state index >= 15 is 0 Å². The number of nitrogens with one attached hydrogen (secondary N) is 1. The van der Waals surface area contributed by atoms with Gasteiger partial charge in [-0.25, -0.2) is 0 Å². The molecule has 4 N–H and O–H groups in total. The van der Waals surface area contributed by atoms with Gasteiger partial charge in [-0.15, -0.1) is 0 Å². The molecule has 0 unspecified atom stereocenters. The highest BCUT2D eigenvalue weighted by molar-refractivity contribution is 5.76. The van der Waals surface area contributed by atoms with E-state index < -0.39 is 5.91 Å². The fourth-order valence-corrected chi connectivity index (χ4v) is 2.75. The molecular formula is C21H28N2O3. The van der Waals surface area contributed by atoms with Gasteiger partial charge in [0.2, 0.25) is 5.91 Å². The predicted molar refractivity (Wildman–Crippen MR) is 103 cm³/mol. The molecule has 2 rings (SSSR count). The Morgan fingerprint density at radius 1 is 1.00 bits per heavy atom. The molecule has 0 saturated carbocycles. The molecule has 2 aromatic carbocycles. The van der Waals surface area contributed by atoms with E-state index in [9.17, 15) is 9.90 Å². The molecule has 0 atom stereocenters. The van der Waals surface area contributed by atoms with Crippen molar-refractivity contribution in [3.8, 4) is 11.5 Å². The van der Waals surface area contributed by atoms with Crippen molar-refractivity contribution in [2.75, 3.05) is 19.7 Å². The van der Waals surface area contributed by atoms with Crippen LogP contribution in [0.4, 0.5) is 0 Å². The van der Waals surface area contributed by atoms with E-state index in [1.807, 2.05) is 6.07 Å². The third kappa shape index (κ3) is 7.57. The molecule has 26 heavy (non-hydrogen) atoms. The molecule has 0 aromatic heterocycles. The van der Waals surface area contributed by atoms with Gasteiger partial charge in [0.25, 0.3) is 0 Å². The summed E-state index contributed by atoms with van der Waals surface area (Å²) in [4.78, 5) is 10.9. The Labute approximate surface area is 155 Å². The van der Waals surface area contributed by atoms with E-state index in [-0.39, 0.29) is 12.2 Å². The molecule has 0 radical (unpaired) electrons. The van der Waals surface area contributed by atoms with Crippen molar-refractivity contribution in [3.05, 3.63) is 59.7 Å². The number of primary amides is 1. The molecule has 1 amide bonds. The Morgan fingerprint density at radius 3 is 2.54 bits per heavy atom. The maximum atomic E-state index is 10.9. The normalized spacial score (nSPS) is 10.6. The van der Waals surface area contributed by atoms with Crippen LogP contribution in [0.25, 0.3) is 0 Å². The number of benzene rings is 2. The largest absolute Gasteiger partial charge is 0.504 e. The summed E-state index contributed by atoms with van der Waals surface area (Å²) < 4.78 is 5.55. The lowest BCUT2D eigenvalue weighted by Gasteiger charge is -2.10. The molecule has 0 bridgehead atoms. The number of nitrogens with two attached hydrogens (primary N) is 1. The molecule has 5 nitrogen and oxygen atoms in total. The van der Waals surface area contributed by atoms with E-state index in [0.717, 1.165) is 25.9 Å². The van der Waals surface area contributed by atoms with E-state index in [1.54, 1.807) is 12.1 Å². The Bertz CT molecular complexity index is 674. The quantitative estimate of drug-likeness (QED) is 0.511. The minimum Gasteiger partial charge on any atom is -0.504 e. The van der Waals surface area contributed by atoms with E-state index in [4.69, 9.17) is 10.5 Å². The third-order valence-electron chi connectivity index (χ3n) is 4.10. The van der Waals surface area contributed by atoms with Crippen molar-refractivity contribution in [2.24, 2.45) is 5.73 Å². The summed E-state index contributed by atoms with van der Waals surface area (Å²) in [7, 11) is 0. The molecule has 2 aromatic rings. The predicted octanol–water partition coefficient (Wildman–Crippen LogP) is 2.80. The second kappa shape index (κ2) is 11.2. The minimum absolute atomic E-state index is 0.0321. The van der Waals surface area contributed by atoms with E-state index in [1.165, 1.54) is 24.5 Å². The van der Waals surface area contributed by atoms with Crippen molar-refractivity contribution in [1.29, 1.82) is 0 Å². The minimum atomic E-state index is -0.425. The molecule has 0 spiro atoms. The van der Waals surface area contributed by atoms with E-state index in [0.29, 0.717) is 17.9 Å². The van der Waals surface area contributed by atoms with Gasteiger partial charge < -0.3 is 20.9 Å². The number of aromatic hydroxyl groups is 1. The maximum absolute atomic E-state index is 10.9. The van der Waals surface area contributed by atoms with Gasteiger partial charge >= 0.3 is 0 Å². The third-order valence-corrected chi connectivity index (χ3v) is 4.10. The molecule has 0 aliphatic rings. The fraction of sp³-hybridized carbons (Fsp3) is 0.381. The van der Waals surface area contributed by atoms with E-state index in [2.05, 4.69) is 29.6 Å². The van der Waals surface area contributed by atoms with Crippen molar-refractivity contribution in [1.82, 2.24) is 5.32 Å². The second-order valence-electron chi connectivity index (χ2n) is 6.34. The number of phenols is 1. The molecule has 0 aliphatic heterocycles. The van der Waals surface area contributed by atoms with Crippen molar-refractivity contribution in [3.63, 3.8) is 0 Å². The van der Waals surface area contributed by atoms with Crippen LogP contribution in [0.3, 0.4) is 0 Å². The number of rotatable bonds is 12. The Kier molecular flexibility index (Phi) is 8.49. The zero-order chi connectivity index (χ0) is 18.6. The van der Waals surface area contributed by atoms with Gasteiger partial charge in [-0.05, 0) is 49.1 Å². The molecule has 0 saturated heterocycles. The summed E-state index contributed by atoms with van der Waals surface area (Å²) >= 11 is 0. The molecule has 0 aliphatic carbocycles. The molecule has 0 heterocycles. The average Bonchev–Trinajstić information content (AvgIpc) is 2.62. The standard InChI is InChI=1S/C21H28N2O3/c22-21(25)16-18-10-11-20(19(24)15-18)26-14-13-23-12-6-2-5-9-17-7-3-1-4-8-17/h1,3-4,7-8,10-11,15,23-24H,2,5-6,9,12-14,16H2,(H2,22,25). The van der Waals surface area contributed by atoms with Crippen LogP contribution in [0, 0.1) is 0 Å². The first-order valence-corrected chi connectivity index (χ1v) is 9.13. The van der Waals surface area contributed by atoms with Crippen LogP contribution in [0.2, 0.25) is 0 Å². The van der Waals surface area contributed by atoms with Gasteiger partial charge in [-0.3, -0.25) is 4.79 Å². The number of carbonyl (C=O) groups excluding carboxylic acids is 1. The summed E-state index contributed by atoms with van der Waals surface area (Å²) in [5, 5.41) is 13.2. The van der Waals surface area contributed by atoms with Gasteiger partial charge in [0.05, 0.1) is 6.42 Å². The number of ether oxygens (including phenoxy) is 1. The lowest BCUT2D eigenvalue weighted by atomic mass is 10.1. The molecular weight excluding hydrogens is 328 g/mol. The first-order chi connectivity index (χ1) is 12.6. The lowest BCUT2D eigenvalue weighted by Crippen LogP contribution is -2.22. The highest BCUT2D eigenvalue weighted by Crippen LogP contribution is 2.26. The van der Waals surface area contributed by atoms with Crippen LogP contribution in [-0.2, 0) is 17.6 Å². The second-order valence-corrected chi connectivity index (χ2v) is 6.34. The smallest absolute Gasteiger partial charge is 0.221 e. The van der Waals surface area contributed by atoms with Crippen LogP contribution < -0.4 is 15.8 Å². The first kappa shape index (κ1) is 19.8. The number of phenolic OH excluding ortho intramolecular Hbond substituents is 1. The SMILES string of the molecule is NC(=O)Cc1ccc(OCCNCCCCCc2ccccc2)c(O)c1. The van der Waals surface area contributed by atoms with Crippen LogP contribution in [0.5, 0.6) is 11.5 Å². The number of carbonyl (C=O) groups is 1. The Morgan fingerprint density at radius 2 is 1.81 bits per heavy atom. The Balaban J connectivity index is 1.52. The Hall–Kier alpha value is -2.53. The molecule has 5 heteroatoms. The average molecular weight is 356 g/mol.